The molecule has 0 radical (unpaired) electrons. The molecule has 2 N–H and O–H groups in total. The summed E-state index contributed by atoms with van der Waals surface area (Å²) in [5.74, 6) is 0.887. The summed E-state index contributed by atoms with van der Waals surface area (Å²) in [5, 5.41) is 13.7. The minimum atomic E-state index is -0.0530. The van der Waals surface area contributed by atoms with Crippen molar-refractivity contribution in [1.82, 2.24) is 20.8 Å². The third kappa shape index (κ3) is 4.17. The van der Waals surface area contributed by atoms with Gasteiger partial charge in [-0.3, -0.25) is 10.1 Å². The number of nitrogens with zero attached hydrogens (tertiary/aromatic N) is 2. The fourth-order valence-electron chi connectivity index (χ4n) is 1.68. The molecule has 1 aromatic carbocycles. The summed E-state index contributed by atoms with van der Waals surface area (Å²) >= 11 is 0. The summed E-state index contributed by atoms with van der Waals surface area (Å²) in [6.45, 7) is 4.43. The number of hydrogen-bond donors (Lipinski definition) is 2. The lowest BCUT2D eigenvalue weighted by Crippen LogP contribution is -2.37. The van der Waals surface area contributed by atoms with Gasteiger partial charge in [-0.05, 0) is 26.0 Å². The van der Waals surface area contributed by atoms with Gasteiger partial charge in [-0.2, -0.15) is 0 Å². The summed E-state index contributed by atoms with van der Waals surface area (Å²) < 4.78 is 5.52. The highest BCUT2D eigenvalue weighted by atomic mass is 16.4. The van der Waals surface area contributed by atoms with Gasteiger partial charge in [0.2, 0.25) is 17.7 Å². The molecule has 0 aliphatic heterocycles. The van der Waals surface area contributed by atoms with Crippen LogP contribution in [0.15, 0.2) is 34.7 Å². The van der Waals surface area contributed by atoms with Gasteiger partial charge in [-0.1, -0.05) is 18.2 Å². The molecule has 2 aromatic rings. The molecule has 6 heteroatoms. The zero-order valence-corrected chi connectivity index (χ0v) is 11.6. The van der Waals surface area contributed by atoms with E-state index in [4.69, 9.17) is 4.42 Å². The maximum absolute atomic E-state index is 11.4. The monoisotopic (exact) mass is 274 g/mol. The number of hydrogen-bond acceptors (Lipinski definition) is 5. The predicted molar refractivity (Wildman–Crippen MR) is 74.7 cm³/mol. The molecule has 0 fully saturated rings. The molecule has 106 valence electrons. The average Bonchev–Trinajstić information content (AvgIpc) is 2.88. The Labute approximate surface area is 117 Å². The van der Waals surface area contributed by atoms with E-state index in [9.17, 15) is 4.79 Å². The van der Waals surface area contributed by atoms with Crippen LogP contribution in [-0.2, 0) is 11.3 Å². The number of carbonyl (C=O) groups excluding carboxylic acids is 1. The molecule has 0 aliphatic carbocycles. The van der Waals surface area contributed by atoms with Crippen LogP contribution in [-0.4, -0.2) is 28.7 Å². The third-order valence-corrected chi connectivity index (χ3v) is 2.50. The minimum absolute atomic E-state index is 0.0530. The standard InChI is InChI=1S/C14H18N4O2/c1-10(2)16-12(19)8-15-9-13-17-18-14(20-13)11-6-4-3-5-7-11/h3-7,10,15H,8-9H2,1-2H3,(H,16,19). The molecule has 0 saturated heterocycles. The zero-order valence-electron chi connectivity index (χ0n) is 11.6. The van der Waals surface area contributed by atoms with Crippen molar-refractivity contribution < 1.29 is 9.21 Å². The number of aromatic nitrogens is 2. The summed E-state index contributed by atoms with van der Waals surface area (Å²) in [4.78, 5) is 11.4. The van der Waals surface area contributed by atoms with Crippen LogP contribution in [0.25, 0.3) is 11.5 Å². The molecule has 0 saturated carbocycles. The second-order valence-corrected chi connectivity index (χ2v) is 4.69. The second-order valence-electron chi connectivity index (χ2n) is 4.69. The summed E-state index contributed by atoms with van der Waals surface area (Å²) in [6, 6.07) is 9.69. The van der Waals surface area contributed by atoms with E-state index in [0.717, 1.165) is 5.56 Å². The Morgan fingerprint density at radius 3 is 2.70 bits per heavy atom. The Morgan fingerprint density at radius 2 is 2.00 bits per heavy atom. The van der Waals surface area contributed by atoms with E-state index >= 15 is 0 Å². The molecule has 6 nitrogen and oxygen atoms in total. The van der Waals surface area contributed by atoms with Crippen LogP contribution >= 0.6 is 0 Å². The molecular formula is C14H18N4O2. The molecule has 2 rings (SSSR count). The molecular weight excluding hydrogens is 256 g/mol. The lowest BCUT2D eigenvalue weighted by molar-refractivity contribution is -0.120. The number of nitrogens with one attached hydrogen (secondary N) is 2. The van der Waals surface area contributed by atoms with Gasteiger partial charge in [0, 0.05) is 11.6 Å². The average molecular weight is 274 g/mol. The first-order valence-corrected chi connectivity index (χ1v) is 6.53. The first-order chi connectivity index (χ1) is 9.65. The van der Waals surface area contributed by atoms with Crippen molar-refractivity contribution in [2.24, 2.45) is 0 Å². The van der Waals surface area contributed by atoms with Crippen LogP contribution < -0.4 is 10.6 Å². The van der Waals surface area contributed by atoms with Gasteiger partial charge in [0.1, 0.15) is 0 Å². The van der Waals surface area contributed by atoms with Crippen molar-refractivity contribution in [3.05, 3.63) is 36.2 Å². The van der Waals surface area contributed by atoms with E-state index in [1.807, 2.05) is 44.2 Å². The Bertz CT molecular complexity index is 551. The summed E-state index contributed by atoms with van der Waals surface area (Å²) in [7, 11) is 0. The summed E-state index contributed by atoms with van der Waals surface area (Å²) in [6.07, 6.45) is 0. The molecule has 1 amide bonds. The highest BCUT2D eigenvalue weighted by Crippen LogP contribution is 2.16. The normalized spacial score (nSPS) is 10.8. The van der Waals surface area contributed by atoms with Crippen molar-refractivity contribution in [2.45, 2.75) is 26.4 Å². The van der Waals surface area contributed by atoms with E-state index in [-0.39, 0.29) is 18.5 Å². The van der Waals surface area contributed by atoms with Crippen molar-refractivity contribution in [3.8, 4) is 11.5 Å². The fourth-order valence-corrected chi connectivity index (χ4v) is 1.68. The van der Waals surface area contributed by atoms with E-state index in [1.165, 1.54) is 0 Å². The Morgan fingerprint density at radius 1 is 1.25 bits per heavy atom. The molecule has 0 unspecified atom stereocenters. The SMILES string of the molecule is CC(C)NC(=O)CNCc1nnc(-c2ccccc2)o1. The molecule has 0 spiro atoms. The van der Waals surface area contributed by atoms with Gasteiger partial charge in [-0.25, -0.2) is 0 Å². The van der Waals surface area contributed by atoms with Crippen molar-refractivity contribution in [2.75, 3.05) is 6.54 Å². The maximum Gasteiger partial charge on any atom is 0.247 e. The molecule has 20 heavy (non-hydrogen) atoms. The van der Waals surface area contributed by atoms with Crippen LogP contribution in [0.2, 0.25) is 0 Å². The van der Waals surface area contributed by atoms with Crippen molar-refractivity contribution in [1.29, 1.82) is 0 Å². The summed E-state index contributed by atoms with van der Waals surface area (Å²) in [5.41, 5.74) is 0.879. The van der Waals surface area contributed by atoms with Crippen LogP contribution in [0, 0.1) is 0 Å². The largest absolute Gasteiger partial charge is 0.419 e. The smallest absolute Gasteiger partial charge is 0.247 e. The highest BCUT2D eigenvalue weighted by molar-refractivity contribution is 5.78. The Hall–Kier alpha value is -2.21. The zero-order chi connectivity index (χ0) is 14.4. The van der Waals surface area contributed by atoms with Gasteiger partial charge in [0.25, 0.3) is 0 Å². The number of amides is 1. The predicted octanol–water partition coefficient (Wildman–Crippen LogP) is 1.35. The van der Waals surface area contributed by atoms with Gasteiger partial charge < -0.3 is 9.73 Å². The quantitative estimate of drug-likeness (QED) is 0.831. The van der Waals surface area contributed by atoms with Crippen molar-refractivity contribution >= 4 is 5.91 Å². The lowest BCUT2D eigenvalue weighted by Gasteiger charge is -2.07. The van der Waals surface area contributed by atoms with E-state index in [0.29, 0.717) is 18.3 Å². The molecule has 0 aliphatic rings. The van der Waals surface area contributed by atoms with E-state index < -0.39 is 0 Å². The fraction of sp³-hybridized carbons (Fsp3) is 0.357. The lowest BCUT2D eigenvalue weighted by atomic mass is 10.2. The number of rotatable bonds is 6. The molecule has 1 heterocycles. The van der Waals surface area contributed by atoms with E-state index in [1.54, 1.807) is 0 Å². The number of benzene rings is 1. The van der Waals surface area contributed by atoms with Gasteiger partial charge >= 0.3 is 0 Å². The van der Waals surface area contributed by atoms with Crippen LogP contribution in [0.1, 0.15) is 19.7 Å². The van der Waals surface area contributed by atoms with E-state index in [2.05, 4.69) is 20.8 Å². The van der Waals surface area contributed by atoms with Gasteiger partial charge in [-0.15, -0.1) is 10.2 Å². The topological polar surface area (TPSA) is 80.0 Å². The Balaban J connectivity index is 1.83. The van der Waals surface area contributed by atoms with Gasteiger partial charge in [0.05, 0.1) is 13.1 Å². The second kappa shape index (κ2) is 6.81. The maximum atomic E-state index is 11.4. The van der Waals surface area contributed by atoms with Crippen LogP contribution in [0.5, 0.6) is 0 Å². The molecule has 0 bridgehead atoms. The number of carbonyl (C=O) groups is 1. The Kier molecular flexibility index (Phi) is 4.84. The first-order valence-electron chi connectivity index (χ1n) is 6.53. The highest BCUT2D eigenvalue weighted by Gasteiger charge is 2.08. The minimum Gasteiger partial charge on any atom is -0.419 e. The third-order valence-electron chi connectivity index (χ3n) is 2.50. The van der Waals surface area contributed by atoms with Crippen molar-refractivity contribution in [3.63, 3.8) is 0 Å². The first kappa shape index (κ1) is 14.2. The molecule has 1 aromatic heterocycles. The molecule has 0 atom stereocenters. The van der Waals surface area contributed by atoms with Crippen LogP contribution in [0.3, 0.4) is 0 Å². The van der Waals surface area contributed by atoms with Gasteiger partial charge in [0.15, 0.2) is 0 Å². The van der Waals surface area contributed by atoms with Crippen LogP contribution in [0.4, 0.5) is 0 Å².